The molecule has 1 rings (SSSR count). The van der Waals surface area contributed by atoms with Crippen LogP contribution in [0.3, 0.4) is 0 Å². The van der Waals surface area contributed by atoms with Gasteiger partial charge >= 0.3 is 0 Å². The second-order valence-corrected chi connectivity index (χ2v) is 8.30. The standard InChI is InChI=1S/C8H17NO6S2/c1-15-5-7(10)4-9-17(13,14)8-2-3-16(11,12)6-8/h7-10H,2-6H2,1H3. The number of sulfonamides is 1. The first kappa shape index (κ1) is 14.8. The highest BCUT2D eigenvalue weighted by atomic mass is 32.2. The smallest absolute Gasteiger partial charge is 0.215 e. The van der Waals surface area contributed by atoms with Crippen LogP contribution in [0.4, 0.5) is 0 Å². The Morgan fingerprint density at radius 3 is 2.65 bits per heavy atom. The van der Waals surface area contributed by atoms with Crippen molar-refractivity contribution in [1.29, 1.82) is 0 Å². The van der Waals surface area contributed by atoms with Crippen LogP contribution < -0.4 is 4.72 Å². The summed E-state index contributed by atoms with van der Waals surface area (Å²) >= 11 is 0. The minimum atomic E-state index is -3.69. The maximum atomic E-state index is 11.7. The van der Waals surface area contributed by atoms with Crippen molar-refractivity contribution < 1.29 is 26.7 Å². The highest BCUT2D eigenvalue weighted by Crippen LogP contribution is 2.17. The Labute approximate surface area is 101 Å². The van der Waals surface area contributed by atoms with E-state index in [-0.39, 0.29) is 31.1 Å². The quantitative estimate of drug-likeness (QED) is 0.590. The van der Waals surface area contributed by atoms with E-state index in [0.717, 1.165) is 0 Å². The van der Waals surface area contributed by atoms with Crippen LogP contribution in [0.25, 0.3) is 0 Å². The summed E-state index contributed by atoms with van der Waals surface area (Å²) in [4.78, 5) is 0. The van der Waals surface area contributed by atoms with E-state index < -0.39 is 31.2 Å². The fourth-order valence-corrected chi connectivity index (χ4v) is 5.71. The van der Waals surface area contributed by atoms with E-state index in [1.165, 1.54) is 7.11 Å². The maximum absolute atomic E-state index is 11.7. The van der Waals surface area contributed by atoms with Crippen LogP contribution in [-0.2, 0) is 24.6 Å². The van der Waals surface area contributed by atoms with Gasteiger partial charge < -0.3 is 9.84 Å². The van der Waals surface area contributed by atoms with Crippen molar-refractivity contribution in [2.24, 2.45) is 0 Å². The van der Waals surface area contributed by atoms with Crippen molar-refractivity contribution in [2.45, 2.75) is 17.8 Å². The third-order valence-electron chi connectivity index (χ3n) is 2.51. The fourth-order valence-electron chi connectivity index (χ4n) is 1.59. The molecular formula is C8H17NO6S2. The molecule has 17 heavy (non-hydrogen) atoms. The Kier molecular flexibility index (Phi) is 4.90. The van der Waals surface area contributed by atoms with Crippen LogP contribution in [0.1, 0.15) is 6.42 Å². The first-order valence-electron chi connectivity index (χ1n) is 5.13. The van der Waals surface area contributed by atoms with E-state index in [0.29, 0.717) is 0 Å². The Morgan fingerprint density at radius 1 is 1.53 bits per heavy atom. The number of hydrogen-bond acceptors (Lipinski definition) is 6. The maximum Gasteiger partial charge on any atom is 0.215 e. The van der Waals surface area contributed by atoms with Crippen molar-refractivity contribution in [1.82, 2.24) is 4.72 Å². The number of ether oxygens (including phenoxy) is 1. The largest absolute Gasteiger partial charge is 0.389 e. The van der Waals surface area contributed by atoms with E-state index in [9.17, 15) is 21.9 Å². The number of hydrogen-bond donors (Lipinski definition) is 2. The number of aliphatic hydroxyl groups excluding tert-OH is 1. The van der Waals surface area contributed by atoms with Gasteiger partial charge in [0.1, 0.15) is 0 Å². The summed E-state index contributed by atoms with van der Waals surface area (Å²) in [6.45, 7) is -0.155. The summed E-state index contributed by atoms with van der Waals surface area (Å²) in [6, 6.07) is 0. The molecule has 0 spiro atoms. The zero-order chi connectivity index (χ0) is 13.1. The lowest BCUT2D eigenvalue weighted by Crippen LogP contribution is -2.40. The molecule has 0 aliphatic carbocycles. The lowest BCUT2D eigenvalue weighted by atomic mass is 10.4. The minimum Gasteiger partial charge on any atom is -0.389 e. The lowest BCUT2D eigenvalue weighted by molar-refractivity contribution is 0.0679. The number of aliphatic hydroxyl groups is 1. The van der Waals surface area contributed by atoms with Crippen LogP contribution in [0, 0.1) is 0 Å². The summed E-state index contributed by atoms with van der Waals surface area (Å²) in [6.07, 6.45) is -0.828. The molecule has 1 aliphatic rings. The van der Waals surface area contributed by atoms with Gasteiger partial charge in [0.2, 0.25) is 10.0 Å². The number of sulfone groups is 1. The molecule has 9 heteroatoms. The Bertz CT molecular complexity index is 443. The molecule has 0 radical (unpaired) electrons. The molecule has 0 bridgehead atoms. The summed E-state index contributed by atoms with van der Waals surface area (Å²) < 4.78 is 52.6. The molecule has 1 saturated heterocycles. The van der Waals surface area contributed by atoms with Crippen molar-refractivity contribution >= 4 is 19.9 Å². The molecule has 7 nitrogen and oxygen atoms in total. The molecule has 0 aromatic rings. The predicted octanol–water partition coefficient (Wildman–Crippen LogP) is -1.90. The molecule has 102 valence electrons. The van der Waals surface area contributed by atoms with Gasteiger partial charge in [0.25, 0.3) is 0 Å². The second-order valence-electron chi connectivity index (χ2n) is 4.03. The minimum absolute atomic E-state index is 0.0193. The van der Waals surface area contributed by atoms with Gasteiger partial charge in [-0.15, -0.1) is 0 Å². The zero-order valence-corrected chi connectivity index (χ0v) is 11.1. The van der Waals surface area contributed by atoms with Gasteiger partial charge in [-0.05, 0) is 6.42 Å². The summed E-state index contributed by atoms with van der Waals surface area (Å²) in [5.74, 6) is -0.443. The Hall–Kier alpha value is -0.220. The average Bonchev–Trinajstić information content (AvgIpc) is 2.57. The van der Waals surface area contributed by atoms with E-state index in [1.807, 2.05) is 0 Å². The molecule has 2 atom stereocenters. The summed E-state index contributed by atoms with van der Waals surface area (Å²) in [5, 5.41) is 8.37. The monoisotopic (exact) mass is 287 g/mol. The van der Waals surface area contributed by atoms with Gasteiger partial charge in [0.15, 0.2) is 9.84 Å². The van der Waals surface area contributed by atoms with Crippen LogP contribution in [0.15, 0.2) is 0 Å². The predicted molar refractivity (Wildman–Crippen MR) is 61.9 cm³/mol. The van der Waals surface area contributed by atoms with E-state index in [2.05, 4.69) is 9.46 Å². The third-order valence-corrected chi connectivity index (χ3v) is 6.34. The molecule has 1 fully saturated rings. The number of nitrogens with one attached hydrogen (secondary N) is 1. The first-order chi connectivity index (χ1) is 7.77. The first-order valence-corrected chi connectivity index (χ1v) is 8.49. The number of methoxy groups -OCH3 is 1. The van der Waals surface area contributed by atoms with Gasteiger partial charge in [0, 0.05) is 13.7 Å². The highest BCUT2D eigenvalue weighted by Gasteiger charge is 2.37. The van der Waals surface area contributed by atoms with Gasteiger partial charge in [0.05, 0.1) is 29.5 Å². The molecule has 0 saturated carbocycles. The topological polar surface area (TPSA) is 110 Å². The SMILES string of the molecule is COCC(O)CNS(=O)(=O)C1CCS(=O)(=O)C1. The van der Waals surface area contributed by atoms with Crippen molar-refractivity contribution in [3.8, 4) is 0 Å². The van der Waals surface area contributed by atoms with Crippen LogP contribution in [0.2, 0.25) is 0 Å². The van der Waals surface area contributed by atoms with Gasteiger partial charge in [-0.1, -0.05) is 0 Å². The van der Waals surface area contributed by atoms with Crippen LogP contribution in [0.5, 0.6) is 0 Å². The molecule has 0 aromatic heterocycles. The molecule has 2 unspecified atom stereocenters. The summed E-state index contributed by atoms with van der Waals surface area (Å²) in [7, 11) is -5.53. The van der Waals surface area contributed by atoms with Gasteiger partial charge in [-0.3, -0.25) is 0 Å². The van der Waals surface area contributed by atoms with Gasteiger partial charge in [-0.25, -0.2) is 21.6 Å². The van der Waals surface area contributed by atoms with Crippen LogP contribution >= 0.6 is 0 Å². The van der Waals surface area contributed by atoms with Crippen molar-refractivity contribution in [3.05, 3.63) is 0 Å². The van der Waals surface area contributed by atoms with Gasteiger partial charge in [-0.2, -0.15) is 0 Å². The lowest BCUT2D eigenvalue weighted by Gasteiger charge is -2.14. The van der Waals surface area contributed by atoms with E-state index in [4.69, 9.17) is 0 Å². The second kappa shape index (κ2) is 5.61. The summed E-state index contributed by atoms with van der Waals surface area (Å²) in [5.41, 5.74) is 0. The highest BCUT2D eigenvalue weighted by molar-refractivity contribution is 7.95. The average molecular weight is 287 g/mol. The van der Waals surface area contributed by atoms with E-state index >= 15 is 0 Å². The van der Waals surface area contributed by atoms with Crippen molar-refractivity contribution in [2.75, 3.05) is 31.8 Å². The number of rotatable bonds is 6. The molecule has 0 amide bonds. The Morgan fingerprint density at radius 2 is 2.18 bits per heavy atom. The van der Waals surface area contributed by atoms with E-state index in [1.54, 1.807) is 0 Å². The fraction of sp³-hybridized carbons (Fsp3) is 1.00. The molecule has 1 aliphatic heterocycles. The zero-order valence-electron chi connectivity index (χ0n) is 9.50. The molecular weight excluding hydrogens is 270 g/mol. The molecule has 0 aromatic carbocycles. The molecule has 1 heterocycles. The normalized spacial score (nSPS) is 25.9. The van der Waals surface area contributed by atoms with Crippen molar-refractivity contribution in [3.63, 3.8) is 0 Å². The van der Waals surface area contributed by atoms with Crippen LogP contribution in [-0.4, -0.2) is 65.1 Å². The Balaban J connectivity index is 2.53. The molecule has 2 N–H and O–H groups in total. The third kappa shape index (κ3) is 4.51.